The van der Waals surface area contributed by atoms with E-state index in [1.165, 1.54) is 6.20 Å². The number of nitrogens with zero attached hydrogens (tertiary/aromatic N) is 3. The molecule has 0 unspecified atom stereocenters. The molecule has 0 atom stereocenters. The molecule has 0 amide bonds. The van der Waals surface area contributed by atoms with Gasteiger partial charge >= 0.3 is 0 Å². The quantitative estimate of drug-likeness (QED) is 0.520. The molecule has 0 aliphatic carbocycles. The maximum Gasteiger partial charge on any atom is 0.226 e. The van der Waals surface area contributed by atoms with Crippen molar-refractivity contribution in [3.8, 4) is 17.2 Å². The van der Waals surface area contributed by atoms with Gasteiger partial charge in [-0.25, -0.2) is 9.98 Å². The lowest BCUT2D eigenvalue weighted by molar-refractivity contribution is 0.411. The summed E-state index contributed by atoms with van der Waals surface area (Å²) in [4.78, 5) is 8.37. The van der Waals surface area contributed by atoms with Gasteiger partial charge in [0.05, 0.1) is 19.1 Å². The van der Waals surface area contributed by atoms with Crippen LogP contribution >= 0.6 is 0 Å². The Bertz CT molecular complexity index is 899. The van der Waals surface area contributed by atoms with Gasteiger partial charge in [-0.15, -0.1) is 0 Å². The van der Waals surface area contributed by atoms with E-state index in [1.54, 1.807) is 19.6 Å². The van der Waals surface area contributed by atoms with E-state index in [4.69, 9.17) is 9.47 Å². The van der Waals surface area contributed by atoms with Crippen LogP contribution in [-0.2, 0) is 0 Å². The maximum atomic E-state index is 6.07. The summed E-state index contributed by atoms with van der Waals surface area (Å²) >= 11 is 0. The molecule has 0 aliphatic rings. The smallest absolute Gasteiger partial charge is 0.226 e. The van der Waals surface area contributed by atoms with Gasteiger partial charge in [-0.05, 0) is 18.6 Å². The van der Waals surface area contributed by atoms with Crippen LogP contribution in [0.25, 0.3) is 5.69 Å². The summed E-state index contributed by atoms with van der Waals surface area (Å²) in [6, 6.07) is 13.5. The maximum absolute atomic E-state index is 6.07. The number of imidazole rings is 1. The Morgan fingerprint density at radius 3 is 2.68 bits per heavy atom. The Labute approximate surface area is 146 Å². The molecule has 1 heterocycles. The highest BCUT2D eigenvalue weighted by Crippen LogP contribution is 2.26. The molecule has 0 saturated carbocycles. The minimum absolute atomic E-state index is 0.484. The lowest BCUT2D eigenvalue weighted by Gasteiger charge is -2.13. The van der Waals surface area contributed by atoms with Crippen LogP contribution in [0.1, 0.15) is 11.1 Å². The molecule has 0 saturated heterocycles. The second-order valence-corrected chi connectivity index (χ2v) is 5.37. The van der Waals surface area contributed by atoms with Gasteiger partial charge in [-0.1, -0.05) is 24.8 Å². The minimum Gasteiger partial charge on any atom is -0.497 e. The van der Waals surface area contributed by atoms with Crippen LogP contribution in [0.5, 0.6) is 11.5 Å². The van der Waals surface area contributed by atoms with Crippen LogP contribution in [0.4, 0.5) is 0 Å². The number of aromatic nitrogens is 2. The summed E-state index contributed by atoms with van der Waals surface area (Å²) in [5.74, 6) is 1.79. The van der Waals surface area contributed by atoms with E-state index in [2.05, 4.69) is 16.6 Å². The van der Waals surface area contributed by atoms with Gasteiger partial charge in [0, 0.05) is 42.4 Å². The number of ether oxygens (including phenoxy) is 2. The van der Waals surface area contributed by atoms with Gasteiger partial charge in [0.2, 0.25) is 5.90 Å². The molecule has 0 bridgehead atoms. The molecular weight excluding hydrogens is 314 g/mol. The van der Waals surface area contributed by atoms with Gasteiger partial charge in [0.15, 0.2) is 0 Å². The predicted octanol–water partition coefficient (Wildman–Crippen LogP) is 4.16. The number of aliphatic imine (C=N–C) groups is 1. The van der Waals surface area contributed by atoms with Crippen molar-refractivity contribution in [3.63, 3.8) is 0 Å². The summed E-state index contributed by atoms with van der Waals surface area (Å²) in [5.41, 5.74) is 2.87. The van der Waals surface area contributed by atoms with Crippen LogP contribution < -0.4 is 9.47 Å². The van der Waals surface area contributed by atoms with Crippen molar-refractivity contribution in [1.29, 1.82) is 0 Å². The molecule has 5 nitrogen and oxygen atoms in total. The first-order chi connectivity index (χ1) is 12.2. The van der Waals surface area contributed by atoms with Crippen molar-refractivity contribution in [2.45, 2.75) is 6.92 Å². The minimum atomic E-state index is 0.484. The van der Waals surface area contributed by atoms with Crippen LogP contribution in [0, 0.1) is 6.92 Å². The molecule has 3 aromatic rings. The van der Waals surface area contributed by atoms with Crippen molar-refractivity contribution in [2.75, 3.05) is 7.11 Å². The fourth-order valence-electron chi connectivity index (χ4n) is 2.45. The molecule has 0 radical (unpaired) electrons. The Morgan fingerprint density at radius 1 is 1.20 bits per heavy atom. The lowest BCUT2D eigenvalue weighted by atomic mass is 10.1. The normalized spacial score (nSPS) is 11.2. The molecule has 1 aromatic heterocycles. The Morgan fingerprint density at radius 2 is 2.00 bits per heavy atom. The first-order valence-corrected chi connectivity index (χ1v) is 7.81. The number of hydrogen-bond acceptors (Lipinski definition) is 4. The zero-order valence-electron chi connectivity index (χ0n) is 14.2. The molecule has 0 fully saturated rings. The van der Waals surface area contributed by atoms with Gasteiger partial charge in [-0.3, -0.25) is 0 Å². The molecule has 5 heteroatoms. The van der Waals surface area contributed by atoms with E-state index >= 15 is 0 Å². The molecule has 2 aromatic carbocycles. The average molecular weight is 333 g/mol. The highest BCUT2D eigenvalue weighted by molar-refractivity contribution is 5.97. The number of hydrogen-bond donors (Lipinski definition) is 0. The highest BCUT2D eigenvalue weighted by Gasteiger charge is 2.11. The molecule has 0 N–H and O–H groups in total. The molecule has 0 aliphatic heterocycles. The van der Waals surface area contributed by atoms with Gasteiger partial charge in [-0.2, -0.15) is 0 Å². The highest BCUT2D eigenvalue weighted by atomic mass is 16.5. The van der Waals surface area contributed by atoms with Crippen molar-refractivity contribution in [2.24, 2.45) is 4.99 Å². The summed E-state index contributed by atoms with van der Waals surface area (Å²) < 4.78 is 13.3. The largest absolute Gasteiger partial charge is 0.497 e. The van der Waals surface area contributed by atoms with Gasteiger partial charge < -0.3 is 14.0 Å². The van der Waals surface area contributed by atoms with E-state index in [9.17, 15) is 0 Å². The van der Waals surface area contributed by atoms with E-state index in [1.807, 2.05) is 60.2 Å². The molecule has 3 rings (SSSR count). The van der Waals surface area contributed by atoms with E-state index < -0.39 is 0 Å². The molecule has 0 spiro atoms. The van der Waals surface area contributed by atoms with Crippen molar-refractivity contribution in [1.82, 2.24) is 9.55 Å². The van der Waals surface area contributed by atoms with Crippen LogP contribution in [-0.4, -0.2) is 22.6 Å². The van der Waals surface area contributed by atoms with E-state index in [-0.39, 0.29) is 0 Å². The topological polar surface area (TPSA) is 48.6 Å². The fraction of sp³-hybridized carbons (Fsp3) is 0.100. The third kappa shape index (κ3) is 3.77. The van der Waals surface area contributed by atoms with Crippen LogP contribution in [0.2, 0.25) is 0 Å². The molecular formula is C20H19N3O2. The number of aryl methyl sites for hydroxylation is 1. The van der Waals surface area contributed by atoms with Gasteiger partial charge in [0.25, 0.3) is 0 Å². The average Bonchev–Trinajstić information content (AvgIpc) is 3.16. The van der Waals surface area contributed by atoms with Crippen molar-refractivity contribution >= 4 is 5.90 Å². The summed E-state index contributed by atoms with van der Waals surface area (Å²) in [7, 11) is 1.62. The number of methoxy groups -OCH3 is 1. The predicted molar refractivity (Wildman–Crippen MR) is 98.7 cm³/mol. The lowest BCUT2D eigenvalue weighted by Crippen LogP contribution is -2.12. The van der Waals surface area contributed by atoms with E-state index in [0.29, 0.717) is 17.4 Å². The van der Waals surface area contributed by atoms with Crippen molar-refractivity contribution in [3.05, 3.63) is 85.1 Å². The second-order valence-electron chi connectivity index (χ2n) is 5.37. The fourth-order valence-corrected chi connectivity index (χ4v) is 2.45. The third-order valence-corrected chi connectivity index (χ3v) is 3.70. The zero-order valence-corrected chi connectivity index (χ0v) is 14.2. The summed E-state index contributed by atoms with van der Waals surface area (Å²) in [6.07, 6.45) is 6.77. The van der Waals surface area contributed by atoms with Crippen LogP contribution in [0.15, 0.2) is 79.0 Å². The molecule has 25 heavy (non-hydrogen) atoms. The first-order valence-electron chi connectivity index (χ1n) is 7.81. The van der Waals surface area contributed by atoms with Crippen molar-refractivity contribution < 1.29 is 9.47 Å². The monoisotopic (exact) mass is 333 g/mol. The number of benzene rings is 2. The Hall–Kier alpha value is -3.34. The molecule has 126 valence electrons. The number of rotatable bonds is 5. The Kier molecular flexibility index (Phi) is 4.95. The Balaban J connectivity index is 2.00. The van der Waals surface area contributed by atoms with Gasteiger partial charge in [0.1, 0.15) is 11.5 Å². The van der Waals surface area contributed by atoms with E-state index in [0.717, 1.165) is 16.8 Å². The standard InChI is InChI=1S/C20H19N3O2/c1-4-22-20(19-8-6-5-7-15(19)2)25-18-12-16(11-17(13-18)24-3)23-10-9-21-14-23/h4-14H,1H2,2-3H3. The van der Waals surface area contributed by atoms with Crippen LogP contribution in [0.3, 0.4) is 0 Å². The summed E-state index contributed by atoms with van der Waals surface area (Å²) in [5, 5.41) is 0. The zero-order chi connectivity index (χ0) is 17.6. The third-order valence-electron chi connectivity index (χ3n) is 3.70. The summed E-state index contributed by atoms with van der Waals surface area (Å²) in [6.45, 7) is 5.70. The first kappa shape index (κ1) is 16.5. The second kappa shape index (κ2) is 7.49. The SMILES string of the molecule is C=CN=C(Oc1cc(OC)cc(-n2ccnc2)c1)c1ccccc1C.